The van der Waals surface area contributed by atoms with Gasteiger partial charge in [0.2, 0.25) is 0 Å². The summed E-state index contributed by atoms with van der Waals surface area (Å²) in [5.41, 5.74) is -2.42. The lowest BCUT2D eigenvalue weighted by atomic mass is 9.60. The van der Waals surface area contributed by atoms with Gasteiger partial charge in [-0.1, -0.05) is 38.8 Å². The number of hydrogen-bond acceptors (Lipinski definition) is 8. The second-order valence-electron chi connectivity index (χ2n) is 12.2. The zero-order valence-corrected chi connectivity index (χ0v) is 28.9. The van der Waals surface area contributed by atoms with Crippen LogP contribution in [0.3, 0.4) is 0 Å². The Labute approximate surface area is 260 Å². The van der Waals surface area contributed by atoms with Crippen molar-refractivity contribution in [1.82, 2.24) is 0 Å². The van der Waals surface area contributed by atoms with Gasteiger partial charge in [0, 0.05) is 8.95 Å². The molecule has 1 unspecified atom stereocenters. The second-order valence-corrected chi connectivity index (χ2v) is 18.4. The van der Waals surface area contributed by atoms with Crippen LogP contribution in [0.5, 0.6) is 11.5 Å². The Balaban J connectivity index is 1.38. The third-order valence-electron chi connectivity index (χ3n) is 9.25. The van der Waals surface area contributed by atoms with Crippen LogP contribution >= 0.6 is 31.9 Å². The Kier molecular flexibility index (Phi) is 9.09. The molecule has 0 aromatic heterocycles. The Morgan fingerprint density at radius 2 is 1.29 bits per heavy atom. The molecule has 2 fully saturated rings. The lowest BCUT2D eigenvalue weighted by Gasteiger charge is -2.55. The normalized spacial score (nSPS) is 26.4. The highest BCUT2D eigenvalue weighted by atomic mass is 79.9. The van der Waals surface area contributed by atoms with Crippen LogP contribution in [0.4, 0.5) is 0 Å². The Hall–Kier alpha value is -1.18. The van der Waals surface area contributed by atoms with Gasteiger partial charge in [0.1, 0.15) is 21.3 Å². The number of sulfone groups is 2. The number of benzene rings is 2. The van der Waals surface area contributed by atoms with Crippen LogP contribution in [0.25, 0.3) is 0 Å². The van der Waals surface area contributed by atoms with Crippen molar-refractivity contribution in [3.63, 3.8) is 0 Å². The van der Waals surface area contributed by atoms with E-state index in [-0.39, 0.29) is 22.3 Å². The molecule has 0 aliphatic heterocycles. The maximum atomic E-state index is 13.4. The average molecular weight is 739 g/mol. The lowest BCUT2D eigenvalue weighted by molar-refractivity contribution is -0.185. The van der Waals surface area contributed by atoms with Crippen molar-refractivity contribution in [2.24, 2.45) is 11.3 Å². The van der Waals surface area contributed by atoms with E-state index in [0.29, 0.717) is 46.1 Å². The number of hydrogen-bond donors (Lipinski definition) is 1. The van der Waals surface area contributed by atoms with Gasteiger partial charge in [-0.05, 0) is 94.2 Å². The summed E-state index contributed by atoms with van der Waals surface area (Å²) in [7, 11) is -4.39. The number of aliphatic hydroxyl groups is 1. The minimum Gasteiger partial charge on any atom is -0.495 e. The van der Waals surface area contributed by atoms with E-state index in [1.807, 2.05) is 20.8 Å². The first kappa shape index (κ1) is 32.7. The summed E-state index contributed by atoms with van der Waals surface area (Å²) in [6, 6.07) is 9.83. The quantitative estimate of drug-likeness (QED) is 0.300. The third-order valence-corrected chi connectivity index (χ3v) is 14.6. The highest BCUT2D eigenvalue weighted by molar-refractivity contribution is 9.10. The fourth-order valence-electron chi connectivity index (χ4n) is 5.71. The molecular formula is C29H38Br2O8S2. The van der Waals surface area contributed by atoms with Crippen molar-refractivity contribution in [3.8, 4) is 11.5 Å². The molecule has 0 saturated heterocycles. The maximum absolute atomic E-state index is 13.4. The van der Waals surface area contributed by atoms with Crippen LogP contribution in [0.15, 0.2) is 55.1 Å². The van der Waals surface area contributed by atoms with E-state index in [2.05, 4.69) is 31.9 Å². The summed E-state index contributed by atoms with van der Waals surface area (Å²) < 4.78 is 71.7. The Morgan fingerprint density at radius 3 is 1.73 bits per heavy atom. The van der Waals surface area contributed by atoms with Crippen LogP contribution in [-0.4, -0.2) is 64.5 Å². The number of ether oxygens (including phenoxy) is 3. The minimum absolute atomic E-state index is 0.00407. The first-order valence-electron chi connectivity index (χ1n) is 13.4. The number of halogens is 2. The van der Waals surface area contributed by atoms with Crippen LogP contribution < -0.4 is 9.47 Å². The molecule has 4 rings (SSSR count). The molecule has 0 spiro atoms. The van der Waals surface area contributed by atoms with Crippen LogP contribution in [0.1, 0.15) is 53.4 Å². The monoisotopic (exact) mass is 736 g/mol. The predicted octanol–water partition coefficient (Wildman–Crippen LogP) is 5.97. The van der Waals surface area contributed by atoms with Crippen LogP contribution in [0.2, 0.25) is 0 Å². The summed E-state index contributed by atoms with van der Waals surface area (Å²) in [4.78, 5) is 0.302. The summed E-state index contributed by atoms with van der Waals surface area (Å²) >= 11 is 6.69. The molecule has 0 radical (unpaired) electrons. The van der Waals surface area contributed by atoms with Gasteiger partial charge in [-0.2, -0.15) is 0 Å². The van der Waals surface area contributed by atoms with Crippen molar-refractivity contribution in [2.75, 3.05) is 20.8 Å². The molecule has 2 aliphatic rings. The zero-order chi connectivity index (χ0) is 30.6. The van der Waals surface area contributed by atoms with Crippen molar-refractivity contribution >= 4 is 51.5 Å². The molecule has 2 aromatic rings. The molecule has 0 bridgehead atoms. The molecule has 2 saturated carbocycles. The van der Waals surface area contributed by atoms with Crippen molar-refractivity contribution < 1.29 is 36.2 Å². The average Bonchev–Trinajstić information content (AvgIpc) is 2.84. The smallest absolute Gasteiger partial charge is 0.184 e. The molecule has 41 heavy (non-hydrogen) atoms. The fourth-order valence-corrected chi connectivity index (χ4v) is 11.0. The van der Waals surface area contributed by atoms with E-state index in [9.17, 15) is 21.9 Å². The van der Waals surface area contributed by atoms with Crippen molar-refractivity contribution in [3.05, 3.63) is 45.3 Å². The molecule has 1 atom stereocenters. The van der Waals surface area contributed by atoms with Crippen LogP contribution in [-0.2, 0) is 24.4 Å². The summed E-state index contributed by atoms with van der Waals surface area (Å²) in [5, 5.41) is 10.1. The molecule has 0 amide bonds. The van der Waals surface area contributed by atoms with Gasteiger partial charge in [0.15, 0.2) is 19.7 Å². The number of rotatable bonds is 11. The van der Waals surface area contributed by atoms with Crippen LogP contribution in [0, 0.1) is 11.3 Å². The highest BCUT2D eigenvalue weighted by Gasteiger charge is 2.57. The standard InChI is InChI=1S/C29H38Br2O8S2/c1-27(2,28(3)15-22(16-28)41(35,36)26-14-20(31)8-10-24(26)38-6)39-17-29(4,32)18-11-21(12-18)40(33,34)25-13-19(30)7-9-23(25)37-5/h7-10,13-14,18,21-22,32H,11-12,15-17H2,1-6H3/t18-,21+,22-,28-,29?. The van der Waals surface area contributed by atoms with Gasteiger partial charge >= 0.3 is 0 Å². The van der Waals surface area contributed by atoms with Gasteiger partial charge in [-0.3, -0.25) is 0 Å². The first-order chi connectivity index (χ1) is 18.9. The fraction of sp³-hybridized carbons (Fsp3) is 0.586. The van der Waals surface area contributed by atoms with Gasteiger partial charge in [0.05, 0.1) is 42.5 Å². The molecule has 0 heterocycles. The molecule has 2 aromatic carbocycles. The molecule has 228 valence electrons. The highest BCUT2D eigenvalue weighted by Crippen LogP contribution is 2.55. The SMILES string of the molecule is COc1ccc(Br)cc1S(=O)(=O)[C@H]1C[C@@H](C(C)(O)COC(C)(C)[C@]2(C)C[C@@H](S(=O)(=O)c3cc(Br)ccc3OC)C2)C1. The Morgan fingerprint density at radius 1 is 0.854 bits per heavy atom. The molecular weight excluding hydrogens is 700 g/mol. The molecule has 2 aliphatic carbocycles. The summed E-state index contributed by atoms with van der Waals surface area (Å²) in [6.45, 7) is 7.51. The largest absolute Gasteiger partial charge is 0.495 e. The van der Waals surface area contributed by atoms with Crippen molar-refractivity contribution in [2.45, 2.75) is 84.9 Å². The van der Waals surface area contributed by atoms with Gasteiger partial charge in [0.25, 0.3) is 0 Å². The number of methoxy groups -OCH3 is 2. The Bertz CT molecular complexity index is 1510. The minimum atomic E-state index is -3.65. The summed E-state index contributed by atoms with van der Waals surface area (Å²) in [6.07, 6.45) is 1.42. The zero-order valence-electron chi connectivity index (χ0n) is 24.1. The predicted molar refractivity (Wildman–Crippen MR) is 164 cm³/mol. The van der Waals surface area contributed by atoms with E-state index in [1.165, 1.54) is 14.2 Å². The maximum Gasteiger partial charge on any atom is 0.184 e. The van der Waals surface area contributed by atoms with Gasteiger partial charge in [-0.25, -0.2) is 16.8 Å². The van der Waals surface area contributed by atoms with E-state index in [0.717, 1.165) is 0 Å². The van der Waals surface area contributed by atoms with Crippen molar-refractivity contribution in [1.29, 1.82) is 0 Å². The second kappa shape index (κ2) is 11.4. The van der Waals surface area contributed by atoms with E-state index >= 15 is 0 Å². The van der Waals surface area contributed by atoms with Gasteiger partial charge < -0.3 is 19.3 Å². The molecule has 1 N–H and O–H groups in total. The van der Waals surface area contributed by atoms with E-state index in [1.54, 1.807) is 43.3 Å². The third kappa shape index (κ3) is 6.11. The topological polar surface area (TPSA) is 116 Å². The lowest BCUT2D eigenvalue weighted by Crippen LogP contribution is -2.58. The van der Waals surface area contributed by atoms with E-state index in [4.69, 9.17) is 14.2 Å². The van der Waals surface area contributed by atoms with E-state index < -0.39 is 46.8 Å². The molecule has 12 heteroatoms. The summed E-state index contributed by atoms with van der Waals surface area (Å²) in [5.74, 6) is 0.343. The van der Waals surface area contributed by atoms with Gasteiger partial charge in [-0.15, -0.1) is 0 Å². The first-order valence-corrected chi connectivity index (χ1v) is 18.1. The molecule has 8 nitrogen and oxygen atoms in total.